The molecule has 4 rings (SSSR count). The molecule has 0 heterocycles. The van der Waals surface area contributed by atoms with E-state index in [9.17, 15) is 0 Å². The molecule has 0 radical (unpaired) electrons. The van der Waals surface area contributed by atoms with Crippen LogP contribution in [0.3, 0.4) is 0 Å². The van der Waals surface area contributed by atoms with E-state index in [0.29, 0.717) is 19.3 Å². The van der Waals surface area contributed by atoms with Gasteiger partial charge in [-0.2, -0.15) is 0 Å². The molecule has 3 aromatic carbocycles. The maximum absolute atomic E-state index is 6.08. The van der Waals surface area contributed by atoms with Gasteiger partial charge in [0.15, 0.2) is 0 Å². The molecule has 1 unspecified atom stereocenters. The second kappa shape index (κ2) is 9.38. The van der Waals surface area contributed by atoms with E-state index in [1.54, 1.807) is 0 Å². The van der Waals surface area contributed by atoms with Crippen LogP contribution in [0.4, 0.5) is 0 Å². The second-order valence-electron chi connectivity index (χ2n) is 7.22. The fraction of sp³-hybridized carbons (Fsp3) is 0.231. The number of hydrogen-bond acceptors (Lipinski definition) is 2. The molecule has 1 aliphatic carbocycles. The molecule has 0 saturated heterocycles. The number of hydrogen-bond donors (Lipinski definition) is 0. The first-order valence-corrected chi connectivity index (χ1v) is 9.98. The van der Waals surface area contributed by atoms with E-state index in [-0.39, 0.29) is 0 Å². The molecule has 0 spiro atoms. The summed E-state index contributed by atoms with van der Waals surface area (Å²) in [6.07, 6.45) is 5.76. The highest BCUT2D eigenvalue weighted by Crippen LogP contribution is 2.30. The van der Waals surface area contributed by atoms with Crippen molar-refractivity contribution in [1.29, 1.82) is 0 Å². The summed E-state index contributed by atoms with van der Waals surface area (Å²) < 4.78 is 12.0. The Balaban J connectivity index is 1.28. The summed E-state index contributed by atoms with van der Waals surface area (Å²) in [6.45, 7) is 1.30. The van der Waals surface area contributed by atoms with E-state index in [4.69, 9.17) is 9.47 Å². The molecule has 0 saturated carbocycles. The van der Waals surface area contributed by atoms with E-state index in [1.165, 1.54) is 22.3 Å². The Morgan fingerprint density at radius 1 is 0.714 bits per heavy atom. The SMILES string of the molecule is C1=C(c2ccc(OCc3ccccc3)cc2)CCC(OCc2ccccc2)C1. The first-order chi connectivity index (χ1) is 13.9. The topological polar surface area (TPSA) is 18.5 Å². The van der Waals surface area contributed by atoms with Gasteiger partial charge in [0.1, 0.15) is 12.4 Å². The van der Waals surface area contributed by atoms with Crippen molar-refractivity contribution in [3.05, 3.63) is 108 Å². The maximum Gasteiger partial charge on any atom is 0.119 e. The molecular weight excluding hydrogens is 344 g/mol. The summed E-state index contributed by atoms with van der Waals surface area (Å²) >= 11 is 0. The molecular formula is C26H26O2. The molecule has 0 aromatic heterocycles. The van der Waals surface area contributed by atoms with Gasteiger partial charge in [-0.25, -0.2) is 0 Å². The average Bonchev–Trinajstić information content (AvgIpc) is 2.78. The Labute approximate surface area is 167 Å². The van der Waals surface area contributed by atoms with Gasteiger partial charge < -0.3 is 9.47 Å². The van der Waals surface area contributed by atoms with Crippen molar-refractivity contribution >= 4 is 5.57 Å². The van der Waals surface area contributed by atoms with Crippen molar-refractivity contribution in [1.82, 2.24) is 0 Å². The van der Waals surface area contributed by atoms with Crippen molar-refractivity contribution in [3.8, 4) is 5.75 Å². The second-order valence-corrected chi connectivity index (χ2v) is 7.22. The minimum absolute atomic E-state index is 0.317. The Hall–Kier alpha value is -2.84. The zero-order valence-electron chi connectivity index (χ0n) is 16.1. The summed E-state index contributed by atoms with van der Waals surface area (Å²) in [5.41, 5.74) is 5.12. The van der Waals surface area contributed by atoms with Crippen LogP contribution in [0.1, 0.15) is 36.0 Å². The molecule has 3 aromatic rings. The third kappa shape index (κ3) is 5.11. The molecule has 142 valence electrons. The predicted octanol–water partition coefficient (Wildman–Crippen LogP) is 6.42. The molecule has 0 bridgehead atoms. The third-order valence-electron chi connectivity index (χ3n) is 5.16. The summed E-state index contributed by atoms with van der Waals surface area (Å²) in [7, 11) is 0. The van der Waals surface area contributed by atoms with Crippen molar-refractivity contribution in [2.75, 3.05) is 0 Å². The Kier molecular flexibility index (Phi) is 6.21. The number of rotatable bonds is 7. The highest BCUT2D eigenvalue weighted by Gasteiger charge is 2.16. The van der Waals surface area contributed by atoms with E-state index in [2.05, 4.69) is 66.7 Å². The van der Waals surface area contributed by atoms with Crippen LogP contribution in [0.2, 0.25) is 0 Å². The van der Waals surface area contributed by atoms with Crippen molar-refractivity contribution in [3.63, 3.8) is 0 Å². The monoisotopic (exact) mass is 370 g/mol. The summed E-state index contributed by atoms with van der Waals surface area (Å²) in [5, 5.41) is 0. The van der Waals surface area contributed by atoms with Crippen molar-refractivity contribution < 1.29 is 9.47 Å². The van der Waals surface area contributed by atoms with Gasteiger partial charge in [0.2, 0.25) is 0 Å². The summed E-state index contributed by atoms with van der Waals surface area (Å²) in [5.74, 6) is 0.910. The van der Waals surface area contributed by atoms with E-state index in [0.717, 1.165) is 25.0 Å². The number of benzene rings is 3. The summed E-state index contributed by atoms with van der Waals surface area (Å²) in [4.78, 5) is 0. The molecule has 0 aliphatic heterocycles. The lowest BCUT2D eigenvalue weighted by Crippen LogP contribution is -2.15. The van der Waals surface area contributed by atoms with Gasteiger partial charge in [-0.15, -0.1) is 0 Å². The largest absolute Gasteiger partial charge is 0.489 e. The maximum atomic E-state index is 6.08. The third-order valence-corrected chi connectivity index (χ3v) is 5.16. The average molecular weight is 370 g/mol. The van der Waals surface area contributed by atoms with Gasteiger partial charge in [-0.3, -0.25) is 0 Å². The van der Waals surface area contributed by atoms with Crippen LogP contribution in [0.15, 0.2) is 91.0 Å². The number of ether oxygens (including phenoxy) is 2. The molecule has 0 N–H and O–H groups in total. The fourth-order valence-corrected chi connectivity index (χ4v) is 3.52. The van der Waals surface area contributed by atoms with Gasteiger partial charge in [0, 0.05) is 0 Å². The smallest absolute Gasteiger partial charge is 0.119 e. The Morgan fingerprint density at radius 3 is 1.96 bits per heavy atom. The Bertz CT molecular complexity index is 883. The molecule has 1 aliphatic rings. The van der Waals surface area contributed by atoms with E-state index in [1.807, 2.05) is 24.3 Å². The van der Waals surface area contributed by atoms with Gasteiger partial charge in [0.05, 0.1) is 12.7 Å². The molecule has 0 amide bonds. The zero-order chi connectivity index (χ0) is 19.0. The van der Waals surface area contributed by atoms with Gasteiger partial charge in [-0.1, -0.05) is 78.9 Å². The van der Waals surface area contributed by atoms with Crippen LogP contribution in [0, 0.1) is 0 Å². The van der Waals surface area contributed by atoms with Crippen LogP contribution in [0.25, 0.3) is 5.57 Å². The minimum atomic E-state index is 0.317. The lowest BCUT2D eigenvalue weighted by Gasteiger charge is -2.23. The predicted molar refractivity (Wildman–Crippen MR) is 114 cm³/mol. The van der Waals surface area contributed by atoms with Gasteiger partial charge in [0.25, 0.3) is 0 Å². The normalized spacial score (nSPS) is 16.4. The molecule has 28 heavy (non-hydrogen) atoms. The Morgan fingerprint density at radius 2 is 1.36 bits per heavy atom. The first kappa shape index (κ1) is 18.5. The quantitative estimate of drug-likeness (QED) is 0.478. The lowest BCUT2D eigenvalue weighted by molar-refractivity contribution is 0.0360. The first-order valence-electron chi connectivity index (χ1n) is 9.98. The highest BCUT2D eigenvalue weighted by atomic mass is 16.5. The summed E-state index contributed by atoms with van der Waals surface area (Å²) in [6, 6.07) is 29.1. The molecule has 1 atom stereocenters. The highest BCUT2D eigenvalue weighted by molar-refractivity contribution is 5.66. The van der Waals surface area contributed by atoms with Crippen molar-refractivity contribution in [2.24, 2.45) is 0 Å². The molecule has 2 heteroatoms. The van der Waals surface area contributed by atoms with E-state index >= 15 is 0 Å². The fourth-order valence-electron chi connectivity index (χ4n) is 3.52. The number of allylic oxidation sites excluding steroid dienone is 1. The minimum Gasteiger partial charge on any atom is -0.489 e. The van der Waals surface area contributed by atoms with Crippen LogP contribution in [-0.4, -0.2) is 6.10 Å². The molecule has 0 fully saturated rings. The van der Waals surface area contributed by atoms with Gasteiger partial charge in [-0.05, 0) is 53.7 Å². The molecule has 2 nitrogen and oxygen atoms in total. The zero-order valence-corrected chi connectivity index (χ0v) is 16.1. The van der Waals surface area contributed by atoms with Crippen LogP contribution >= 0.6 is 0 Å². The van der Waals surface area contributed by atoms with Crippen LogP contribution in [-0.2, 0) is 18.0 Å². The van der Waals surface area contributed by atoms with Crippen molar-refractivity contribution in [2.45, 2.75) is 38.6 Å². The van der Waals surface area contributed by atoms with Crippen LogP contribution < -0.4 is 4.74 Å². The van der Waals surface area contributed by atoms with Gasteiger partial charge >= 0.3 is 0 Å². The van der Waals surface area contributed by atoms with E-state index < -0.39 is 0 Å². The lowest BCUT2D eigenvalue weighted by atomic mass is 9.92. The van der Waals surface area contributed by atoms with Crippen LogP contribution in [0.5, 0.6) is 5.75 Å². The standard InChI is InChI=1S/C26H26O2/c1-3-7-21(8-4-1)19-27-25-15-11-23(12-16-25)24-13-17-26(18-14-24)28-20-22-9-5-2-6-10-22/h1-13,15-16,26H,14,17-20H2.